The Hall–Kier alpha value is -2.45. The fourth-order valence-corrected chi connectivity index (χ4v) is 7.67. The van der Waals surface area contributed by atoms with Crippen LogP contribution in [0.4, 0.5) is 5.82 Å². The van der Waals surface area contributed by atoms with Gasteiger partial charge in [0.05, 0.1) is 5.60 Å². The quantitative estimate of drug-likeness (QED) is 0.601. The minimum atomic E-state index is -0.507. The van der Waals surface area contributed by atoms with Crippen LogP contribution < -0.4 is 10.2 Å². The number of nitrogens with zero attached hydrogens (tertiary/aromatic N) is 3. The highest BCUT2D eigenvalue weighted by molar-refractivity contribution is 9.10. The van der Waals surface area contributed by atoms with Crippen LogP contribution in [0.25, 0.3) is 0 Å². The van der Waals surface area contributed by atoms with E-state index in [2.05, 4.69) is 33.1 Å². The maximum atomic E-state index is 13.2. The molecule has 2 N–H and O–H groups in total. The molecule has 1 saturated heterocycles. The van der Waals surface area contributed by atoms with Gasteiger partial charge >= 0.3 is 0 Å². The van der Waals surface area contributed by atoms with Crippen LogP contribution in [-0.2, 0) is 0 Å². The van der Waals surface area contributed by atoms with Gasteiger partial charge in [-0.1, -0.05) is 22.0 Å². The zero-order valence-corrected chi connectivity index (χ0v) is 22.2. The molecule has 36 heavy (non-hydrogen) atoms. The van der Waals surface area contributed by atoms with Crippen molar-refractivity contribution >= 4 is 33.6 Å². The lowest BCUT2D eigenvalue weighted by molar-refractivity contribution is -0.136. The van der Waals surface area contributed by atoms with E-state index in [0.29, 0.717) is 48.6 Å². The standard InChI is InChI=1S/C28H33BrN4O3/c1-17-16-32(27(35)19-5-7-22(29)8-6-19)9-10-33(17)24-4-2-3-23(30-24)26(34)31-25-20-11-18-12-21(25)15-28(36,13-18)14-20/h2-8,17-18,20-21,25,36H,9-16H2,1H3,(H,31,34)/t17-,18?,20?,21?,25?,28?/m1/s1. The van der Waals surface area contributed by atoms with Crippen molar-refractivity contribution in [3.8, 4) is 0 Å². The molecule has 1 aromatic heterocycles. The minimum absolute atomic E-state index is 0.0374. The summed E-state index contributed by atoms with van der Waals surface area (Å²) in [5.74, 6) is 2.02. The maximum absolute atomic E-state index is 13.2. The number of pyridine rings is 1. The monoisotopic (exact) mass is 552 g/mol. The van der Waals surface area contributed by atoms with Gasteiger partial charge in [-0.25, -0.2) is 4.98 Å². The van der Waals surface area contributed by atoms with Crippen LogP contribution in [0.5, 0.6) is 0 Å². The van der Waals surface area contributed by atoms with Crippen LogP contribution in [0, 0.1) is 17.8 Å². The number of halogens is 1. The van der Waals surface area contributed by atoms with E-state index >= 15 is 0 Å². The van der Waals surface area contributed by atoms with Gasteiger partial charge in [-0.15, -0.1) is 0 Å². The third-order valence-electron chi connectivity index (χ3n) is 8.81. The third kappa shape index (κ3) is 4.43. The number of aliphatic hydroxyl groups is 1. The van der Waals surface area contributed by atoms with Gasteiger partial charge in [0.25, 0.3) is 11.8 Å². The van der Waals surface area contributed by atoms with Crippen molar-refractivity contribution in [2.75, 3.05) is 24.5 Å². The Bertz CT molecular complexity index is 1160. The van der Waals surface area contributed by atoms with Crippen LogP contribution in [0.3, 0.4) is 0 Å². The molecule has 7 rings (SSSR count). The summed E-state index contributed by atoms with van der Waals surface area (Å²) in [5, 5.41) is 14.1. The van der Waals surface area contributed by atoms with Gasteiger partial charge in [0.15, 0.2) is 0 Å². The van der Waals surface area contributed by atoms with E-state index < -0.39 is 5.60 Å². The molecule has 4 saturated carbocycles. The van der Waals surface area contributed by atoms with Crippen molar-refractivity contribution < 1.29 is 14.7 Å². The summed E-state index contributed by atoms with van der Waals surface area (Å²) in [6, 6.07) is 13.3. The summed E-state index contributed by atoms with van der Waals surface area (Å²) in [6.45, 7) is 3.96. The van der Waals surface area contributed by atoms with Gasteiger partial charge in [0.2, 0.25) is 0 Å². The van der Waals surface area contributed by atoms with E-state index in [4.69, 9.17) is 4.98 Å². The lowest BCUT2D eigenvalue weighted by atomic mass is 9.52. The van der Waals surface area contributed by atoms with Crippen LogP contribution in [-0.4, -0.2) is 64.1 Å². The van der Waals surface area contributed by atoms with Crippen molar-refractivity contribution in [1.82, 2.24) is 15.2 Å². The van der Waals surface area contributed by atoms with Crippen molar-refractivity contribution in [1.29, 1.82) is 0 Å². The Morgan fingerprint density at radius 1 is 1.06 bits per heavy atom. The zero-order valence-electron chi connectivity index (χ0n) is 20.6. The number of nitrogens with one attached hydrogen (secondary N) is 1. The number of hydrogen-bond acceptors (Lipinski definition) is 5. The van der Waals surface area contributed by atoms with Gasteiger partial charge in [-0.05, 0) is 93.2 Å². The Balaban J connectivity index is 1.11. The average Bonchev–Trinajstić information content (AvgIpc) is 2.85. The van der Waals surface area contributed by atoms with Gasteiger partial charge in [-0.2, -0.15) is 0 Å². The molecular weight excluding hydrogens is 520 g/mol. The van der Waals surface area contributed by atoms with Crippen molar-refractivity contribution in [2.45, 2.75) is 56.7 Å². The number of carbonyl (C=O) groups is 2. The molecule has 3 atom stereocenters. The topological polar surface area (TPSA) is 85.8 Å². The van der Waals surface area contributed by atoms with E-state index in [1.807, 2.05) is 41.3 Å². The number of piperazine rings is 1. The number of amides is 2. The van der Waals surface area contributed by atoms with Gasteiger partial charge < -0.3 is 20.2 Å². The van der Waals surface area contributed by atoms with Crippen LogP contribution in [0.15, 0.2) is 46.9 Å². The summed E-state index contributed by atoms with van der Waals surface area (Å²) in [5.41, 5.74) is 0.612. The molecule has 8 heteroatoms. The summed E-state index contributed by atoms with van der Waals surface area (Å²) in [6.07, 6.45) is 4.76. The average molecular weight is 554 g/mol. The summed E-state index contributed by atoms with van der Waals surface area (Å²) in [4.78, 5) is 35.0. The largest absolute Gasteiger partial charge is 0.390 e. The Morgan fingerprint density at radius 2 is 1.78 bits per heavy atom. The second-order valence-electron chi connectivity index (χ2n) is 11.4. The number of carbonyl (C=O) groups excluding carboxylic acids is 2. The normalized spacial score (nSPS) is 33.0. The molecule has 5 aliphatic rings. The first-order valence-electron chi connectivity index (χ1n) is 13.1. The Kier molecular flexibility index (Phi) is 6.07. The molecule has 1 aromatic carbocycles. The number of aromatic nitrogens is 1. The molecule has 2 aromatic rings. The predicted molar refractivity (Wildman–Crippen MR) is 141 cm³/mol. The summed E-state index contributed by atoms with van der Waals surface area (Å²) < 4.78 is 0.952. The summed E-state index contributed by atoms with van der Waals surface area (Å²) in [7, 11) is 0. The van der Waals surface area contributed by atoms with E-state index in [-0.39, 0.29) is 23.9 Å². The molecule has 1 aliphatic heterocycles. The number of rotatable bonds is 4. The van der Waals surface area contributed by atoms with Gasteiger partial charge in [-0.3, -0.25) is 9.59 Å². The molecule has 0 spiro atoms. The lowest BCUT2D eigenvalue weighted by Gasteiger charge is -2.58. The van der Waals surface area contributed by atoms with Gasteiger partial charge in [0, 0.05) is 41.8 Å². The molecular formula is C28H33BrN4O3. The second kappa shape index (κ2) is 9.14. The van der Waals surface area contributed by atoms with Crippen LogP contribution >= 0.6 is 15.9 Å². The smallest absolute Gasteiger partial charge is 0.270 e. The van der Waals surface area contributed by atoms with E-state index in [1.165, 1.54) is 0 Å². The first-order valence-corrected chi connectivity index (χ1v) is 13.9. The number of anilines is 1. The Morgan fingerprint density at radius 3 is 2.44 bits per heavy atom. The van der Waals surface area contributed by atoms with E-state index in [9.17, 15) is 14.7 Å². The first kappa shape index (κ1) is 23.9. The molecule has 7 nitrogen and oxygen atoms in total. The summed E-state index contributed by atoms with van der Waals surface area (Å²) >= 11 is 3.42. The molecule has 2 heterocycles. The molecule has 0 radical (unpaired) electrons. The van der Waals surface area contributed by atoms with Crippen LogP contribution in [0.1, 0.15) is 59.9 Å². The fourth-order valence-electron chi connectivity index (χ4n) is 7.41. The number of hydrogen-bond donors (Lipinski definition) is 2. The second-order valence-corrected chi connectivity index (χ2v) is 12.3. The SMILES string of the molecule is C[C@@H]1CN(C(=O)c2ccc(Br)cc2)CCN1c1cccc(C(=O)NC2C3CC4CC2CC(O)(C4)C3)n1. The molecule has 4 aliphatic carbocycles. The lowest BCUT2D eigenvalue weighted by Crippen LogP contribution is -2.61. The van der Waals surface area contributed by atoms with Crippen LogP contribution in [0.2, 0.25) is 0 Å². The molecule has 2 unspecified atom stereocenters. The van der Waals surface area contributed by atoms with E-state index in [0.717, 1.165) is 42.4 Å². The molecule has 2 amide bonds. The van der Waals surface area contributed by atoms with Crippen molar-refractivity contribution in [3.05, 3.63) is 58.2 Å². The number of benzene rings is 1. The maximum Gasteiger partial charge on any atom is 0.270 e. The van der Waals surface area contributed by atoms with Gasteiger partial charge in [0.1, 0.15) is 11.5 Å². The highest BCUT2D eigenvalue weighted by Gasteiger charge is 2.55. The predicted octanol–water partition coefficient (Wildman–Crippen LogP) is 3.86. The van der Waals surface area contributed by atoms with Crippen molar-refractivity contribution in [3.63, 3.8) is 0 Å². The molecule has 190 valence electrons. The van der Waals surface area contributed by atoms with Crippen molar-refractivity contribution in [2.24, 2.45) is 17.8 Å². The first-order chi connectivity index (χ1) is 17.3. The van der Waals surface area contributed by atoms with E-state index in [1.54, 1.807) is 6.07 Å². The Labute approximate surface area is 220 Å². The highest BCUT2D eigenvalue weighted by Crippen LogP contribution is 2.55. The minimum Gasteiger partial charge on any atom is -0.390 e. The fraction of sp³-hybridized carbons (Fsp3) is 0.536. The third-order valence-corrected chi connectivity index (χ3v) is 9.33. The molecule has 4 bridgehead atoms. The molecule has 5 fully saturated rings. The highest BCUT2D eigenvalue weighted by atomic mass is 79.9. The zero-order chi connectivity index (χ0) is 25.0.